The van der Waals surface area contributed by atoms with Gasteiger partial charge in [0, 0.05) is 6.07 Å². The van der Waals surface area contributed by atoms with Crippen molar-refractivity contribution in [3.05, 3.63) is 32.8 Å². The molecule has 0 aliphatic heterocycles. The van der Waals surface area contributed by atoms with Gasteiger partial charge in [0.25, 0.3) is 5.69 Å². The third kappa shape index (κ3) is 2.27. The van der Waals surface area contributed by atoms with Crippen molar-refractivity contribution in [2.75, 3.05) is 11.1 Å². The Morgan fingerprint density at radius 2 is 2.20 bits per heavy atom. The number of halogens is 2. The molecule has 5 nitrogen and oxygen atoms in total. The summed E-state index contributed by atoms with van der Waals surface area (Å²) in [6.07, 6.45) is 0. The Balaban J connectivity index is 3.48. The molecule has 15 heavy (non-hydrogen) atoms. The highest BCUT2D eigenvalue weighted by Crippen LogP contribution is 2.31. The van der Waals surface area contributed by atoms with Crippen LogP contribution in [-0.4, -0.2) is 16.0 Å². The lowest BCUT2D eigenvalue weighted by Gasteiger charge is -2.04. The lowest BCUT2D eigenvalue weighted by Crippen LogP contribution is -2.07. The van der Waals surface area contributed by atoms with E-state index < -0.39 is 10.7 Å². The van der Waals surface area contributed by atoms with Crippen molar-refractivity contribution < 1.29 is 9.72 Å². The number of carbonyl (C=O) groups is 1. The van der Waals surface area contributed by atoms with Crippen molar-refractivity contribution in [2.45, 2.75) is 0 Å². The predicted molar refractivity (Wildman–Crippen MR) is 60.6 cm³/mol. The standard InChI is InChI=1S/C8H6BrClN2O3/c9-3-6(13)7-5(12(14)15)2-1-4(11)8(7)10/h1-2H,3,11H2. The van der Waals surface area contributed by atoms with Crippen LogP contribution in [0.2, 0.25) is 5.02 Å². The minimum absolute atomic E-state index is 0.0446. The summed E-state index contributed by atoms with van der Waals surface area (Å²) in [7, 11) is 0. The first-order chi connectivity index (χ1) is 6.99. The second kappa shape index (κ2) is 4.59. The molecule has 0 saturated carbocycles. The quantitative estimate of drug-likeness (QED) is 0.305. The van der Waals surface area contributed by atoms with Crippen LogP contribution in [0.5, 0.6) is 0 Å². The van der Waals surface area contributed by atoms with Gasteiger partial charge in [-0.2, -0.15) is 0 Å². The molecule has 0 aliphatic carbocycles. The highest BCUT2D eigenvalue weighted by molar-refractivity contribution is 9.09. The van der Waals surface area contributed by atoms with Crippen molar-refractivity contribution in [3.8, 4) is 0 Å². The minimum atomic E-state index is -0.665. The highest BCUT2D eigenvalue weighted by Gasteiger charge is 2.24. The Labute approximate surface area is 98.5 Å². The number of ketones is 1. The van der Waals surface area contributed by atoms with E-state index in [0.29, 0.717) is 0 Å². The molecular formula is C8H6BrClN2O3. The van der Waals surface area contributed by atoms with E-state index in [2.05, 4.69) is 15.9 Å². The number of nitro benzene ring substituents is 1. The number of carbonyl (C=O) groups excluding carboxylic acids is 1. The zero-order valence-electron chi connectivity index (χ0n) is 7.37. The van der Waals surface area contributed by atoms with Crippen LogP contribution >= 0.6 is 27.5 Å². The van der Waals surface area contributed by atoms with E-state index in [1.165, 1.54) is 6.07 Å². The molecule has 0 saturated heterocycles. The molecule has 80 valence electrons. The highest BCUT2D eigenvalue weighted by atomic mass is 79.9. The maximum Gasteiger partial charge on any atom is 0.281 e. The number of nitro groups is 1. The summed E-state index contributed by atoms with van der Waals surface area (Å²) in [6, 6.07) is 2.46. The summed E-state index contributed by atoms with van der Waals surface area (Å²) in [4.78, 5) is 21.4. The normalized spacial score (nSPS) is 10.0. The van der Waals surface area contributed by atoms with E-state index in [1.807, 2.05) is 0 Å². The van der Waals surface area contributed by atoms with Crippen LogP contribution in [0.3, 0.4) is 0 Å². The molecule has 0 aromatic heterocycles. The number of hydrogen-bond acceptors (Lipinski definition) is 4. The fourth-order valence-corrected chi connectivity index (χ4v) is 1.61. The summed E-state index contributed by atoms with van der Waals surface area (Å²) in [5.74, 6) is -0.473. The lowest BCUT2D eigenvalue weighted by atomic mass is 10.1. The Hall–Kier alpha value is -1.14. The molecule has 0 aliphatic rings. The monoisotopic (exact) mass is 292 g/mol. The average Bonchev–Trinajstić information content (AvgIpc) is 2.20. The van der Waals surface area contributed by atoms with Crippen LogP contribution in [0.15, 0.2) is 12.1 Å². The lowest BCUT2D eigenvalue weighted by molar-refractivity contribution is -0.385. The number of nitrogens with two attached hydrogens (primary N) is 1. The van der Waals surface area contributed by atoms with Gasteiger partial charge in [-0.3, -0.25) is 14.9 Å². The summed E-state index contributed by atoms with van der Waals surface area (Å²) in [5, 5.41) is 10.5. The van der Waals surface area contributed by atoms with Crippen LogP contribution in [-0.2, 0) is 0 Å². The molecule has 0 fully saturated rings. The zero-order chi connectivity index (χ0) is 11.6. The average molecular weight is 294 g/mol. The third-order valence-electron chi connectivity index (χ3n) is 1.75. The number of rotatable bonds is 3. The van der Waals surface area contributed by atoms with Gasteiger partial charge in [-0.05, 0) is 6.07 Å². The van der Waals surface area contributed by atoms with Crippen molar-refractivity contribution in [1.29, 1.82) is 0 Å². The van der Waals surface area contributed by atoms with Crippen molar-refractivity contribution >= 4 is 44.7 Å². The van der Waals surface area contributed by atoms with Crippen LogP contribution in [0, 0.1) is 10.1 Å². The van der Waals surface area contributed by atoms with Crippen LogP contribution in [0.1, 0.15) is 10.4 Å². The van der Waals surface area contributed by atoms with Gasteiger partial charge in [-0.1, -0.05) is 27.5 Å². The van der Waals surface area contributed by atoms with Gasteiger partial charge in [-0.15, -0.1) is 0 Å². The smallest absolute Gasteiger partial charge is 0.281 e. The minimum Gasteiger partial charge on any atom is -0.397 e. The first kappa shape index (κ1) is 11.9. The van der Waals surface area contributed by atoms with Gasteiger partial charge < -0.3 is 5.73 Å². The summed E-state index contributed by atoms with van der Waals surface area (Å²) in [5.41, 5.74) is 5.12. The number of alkyl halides is 1. The van der Waals surface area contributed by atoms with E-state index in [1.54, 1.807) is 0 Å². The Morgan fingerprint density at radius 1 is 1.60 bits per heavy atom. The van der Waals surface area contributed by atoms with Gasteiger partial charge in [0.05, 0.1) is 21.0 Å². The topological polar surface area (TPSA) is 86.2 Å². The van der Waals surface area contributed by atoms with Gasteiger partial charge in [0.1, 0.15) is 5.56 Å². The SMILES string of the molecule is Nc1ccc([N+](=O)[O-])c(C(=O)CBr)c1Cl. The number of anilines is 1. The molecule has 0 atom stereocenters. The van der Waals surface area contributed by atoms with E-state index in [0.717, 1.165) is 6.07 Å². The van der Waals surface area contributed by atoms with Gasteiger partial charge in [-0.25, -0.2) is 0 Å². The second-order valence-corrected chi connectivity index (χ2v) is 3.62. The summed E-state index contributed by atoms with van der Waals surface area (Å²) < 4.78 is 0. The van der Waals surface area contributed by atoms with Gasteiger partial charge in [0.15, 0.2) is 5.78 Å². The summed E-state index contributed by atoms with van der Waals surface area (Å²) in [6.45, 7) is 0. The van der Waals surface area contributed by atoms with Crippen molar-refractivity contribution in [1.82, 2.24) is 0 Å². The van der Waals surface area contributed by atoms with Crippen molar-refractivity contribution in [3.63, 3.8) is 0 Å². The van der Waals surface area contributed by atoms with E-state index in [4.69, 9.17) is 17.3 Å². The van der Waals surface area contributed by atoms with E-state index in [-0.39, 0.29) is 27.3 Å². The van der Waals surface area contributed by atoms with Crippen molar-refractivity contribution in [2.24, 2.45) is 0 Å². The number of hydrogen-bond donors (Lipinski definition) is 1. The van der Waals surface area contributed by atoms with Gasteiger partial charge >= 0.3 is 0 Å². The zero-order valence-corrected chi connectivity index (χ0v) is 9.71. The molecule has 0 amide bonds. The number of nitrogens with zero attached hydrogens (tertiary/aromatic N) is 1. The molecule has 0 heterocycles. The van der Waals surface area contributed by atoms with Crippen LogP contribution < -0.4 is 5.73 Å². The molecule has 0 bridgehead atoms. The molecule has 0 radical (unpaired) electrons. The number of nitrogen functional groups attached to an aromatic ring is 1. The number of benzene rings is 1. The Kier molecular flexibility index (Phi) is 3.65. The molecule has 1 aromatic rings. The number of Topliss-reactive ketones (excluding diaryl/α,β-unsaturated/α-hetero) is 1. The largest absolute Gasteiger partial charge is 0.397 e. The van der Waals surface area contributed by atoms with E-state index >= 15 is 0 Å². The molecule has 0 spiro atoms. The molecule has 2 N–H and O–H groups in total. The third-order valence-corrected chi connectivity index (χ3v) is 2.66. The summed E-state index contributed by atoms with van der Waals surface area (Å²) >= 11 is 8.67. The van der Waals surface area contributed by atoms with Crippen LogP contribution in [0.25, 0.3) is 0 Å². The molecule has 1 aromatic carbocycles. The van der Waals surface area contributed by atoms with Crippen LogP contribution in [0.4, 0.5) is 11.4 Å². The maximum atomic E-state index is 11.4. The van der Waals surface area contributed by atoms with E-state index in [9.17, 15) is 14.9 Å². The second-order valence-electron chi connectivity index (χ2n) is 2.68. The first-order valence-corrected chi connectivity index (χ1v) is 5.30. The Morgan fingerprint density at radius 3 is 2.67 bits per heavy atom. The molecule has 7 heteroatoms. The molecule has 1 rings (SSSR count). The Bertz CT molecular complexity index is 436. The predicted octanol–water partition coefficient (Wildman–Crippen LogP) is 2.41. The first-order valence-electron chi connectivity index (χ1n) is 3.80. The maximum absolute atomic E-state index is 11.4. The fourth-order valence-electron chi connectivity index (χ4n) is 1.07. The van der Waals surface area contributed by atoms with Gasteiger partial charge in [0.2, 0.25) is 0 Å². The fraction of sp³-hybridized carbons (Fsp3) is 0.125. The molecular weight excluding hydrogens is 287 g/mol. The molecule has 0 unspecified atom stereocenters.